The summed E-state index contributed by atoms with van der Waals surface area (Å²) in [6.45, 7) is 0.700. The predicted octanol–water partition coefficient (Wildman–Crippen LogP) is 0.714. The van der Waals surface area contributed by atoms with Crippen LogP contribution in [0, 0.1) is 5.41 Å². The summed E-state index contributed by atoms with van der Waals surface area (Å²) in [6.07, 6.45) is 3.37. The Bertz CT molecular complexity index is 130. The zero-order chi connectivity index (χ0) is 5.61. The number of esters is 1. The van der Waals surface area contributed by atoms with E-state index in [4.69, 9.17) is 0 Å². The topological polar surface area (TPSA) is 26.3 Å². The van der Waals surface area contributed by atoms with Gasteiger partial charge in [0, 0.05) is 0 Å². The molecule has 0 atom stereocenters. The Kier molecular flexibility index (Phi) is 0.581. The van der Waals surface area contributed by atoms with Crippen LogP contribution in [-0.2, 0) is 9.53 Å². The second kappa shape index (κ2) is 1.07. The Morgan fingerprint density at radius 1 is 1.50 bits per heavy atom. The minimum Gasteiger partial charge on any atom is -0.464 e. The molecule has 0 aromatic carbocycles. The van der Waals surface area contributed by atoms with Gasteiger partial charge in [-0.3, -0.25) is 4.79 Å². The Hall–Kier alpha value is -0.530. The van der Waals surface area contributed by atoms with Gasteiger partial charge in [0.2, 0.25) is 0 Å². The number of rotatable bonds is 0. The largest absolute Gasteiger partial charge is 0.464 e. The first-order valence-electron chi connectivity index (χ1n) is 3.01. The van der Waals surface area contributed by atoms with Gasteiger partial charge >= 0.3 is 5.97 Å². The lowest BCUT2D eigenvalue weighted by atomic mass is 9.67. The molecule has 0 aromatic rings. The van der Waals surface area contributed by atoms with E-state index in [-0.39, 0.29) is 11.4 Å². The quantitative estimate of drug-likeness (QED) is 0.431. The SMILES string of the molecule is O=C1OCC12CCC2. The highest BCUT2D eigenvalue weighted by Crippen LogP contribution is 2.47. The molecule has 0 N–H and O–H groups in total. The van der Waals surface area contributed by atoms with Gasteiger partial charge in [-0.25, -0.2) is 0 Å². The molecule has 2 heteroatoms. The number of cyclic esters (lactones) is 1. The summed E-state index contributed by atoms with van der Waals surface area (Å²) in [5.74, 6) is 0.0451. The Morgan fingerprint density at radius 2 is 2.25 bits per heavy atom. The summed E-state index contributed by atoms with van der Waals surface area (Å²) in [5, 5.41) is 0. The van der Waals surface area contributed by atoms with Crippen molar-refractivity contribution in [2.45, 2.75) is 19.3 Å². The molecule has 1 saturated heterocycles. The van der Waals surface area contributed by atoms with Crippen molar-refractivity contribution >= 4 is 5.97 Å². The second-order valence-corrected chi connectivity index (χ2v) is 2.71. The zero-order valence-electron chi connectivity index (χ0n) is 4.64. The van der Waals surface area contributed by atoms with E-state index in [0.29, 0.717) is 6.61 Å². The summed E-state index contributed by atoms with van der Waals surface area (Å²) >= 11 is 0. The number of hydrogen-bond donors (Lipinski definition) is 0. The first kappa shape index (κ1) is 4.36. The van der Waals surface area contributed by atoms with Crippen molar-refractivity contribution in [3.05, 3.63) is 0 Å². The lowest BCUT2D eigenvalue weighted by Crippen LogP contribution is -2.52. The van der Waals surface area contributed by atoms with Crippen molar-refractivity contribution in [2.75, 3.05) is 6.61 Å². The number of ether oxygens (including phenoxy) is 1. The van der Waals surface area contributed by atoms with E-state index in [1.165, 1.54) is 6.42 Å². The Morgan fingerprint density at radius 3 is 2.25 bits per heavy atom. The van der Waals surface area contributed by atoms with Crippen molar-refractivity contribution in [3.63, 3.8) is 0 Å². The van der Waals surface area contributed by atoms with Crippen molar-refractivity contribution in [1.82, 2.24) is 0 Å². The molecule has 8 heavy (non-hydrogen) atoms. The molecule has 2 rings (SSSR count). The summed E-state index contributed by atoms with van der Waals surface area (Å²) < 4.78 is 4.65. The number of hydrogen-bond acceptors (Lipinski definition) is 2. The molecule has 0 bridgehead atoms. The lowest BCUT2D eigenvalue weighted by Gasteiger charge is -2.45. The van der Waals surface area contributed by atoms with Crippen molar-refractivity contribution in [1.29, 1.82) is 0 Å². The molecule has 0 aromatic heterocycles. The molecule has 2 aliphatic rings. The van der Waals surface area contributed by atoms with Gasteiger partial charge in [-0.05, 0) is 12.8 Å². The third kappa shape index (κ3) is 0.288. The Labute approximate surface area is 47.8 Å². The van der Waals surface area contributed by atoms with Crippen LogP contribution in [0.25, 0.3) is 0 Å². The molecule has 2 fully saturated rings. The Balaban J connectivity index is 2.14. The average Bonchev–Trinajstić information content (AvgIpc) is 1.58. The van der Waals surface area contributed by atoms with E-state index < -0.39 is 0 Å². The smallest absolute Gasteiger partial charge is 0.315 e. The van der Waals surface area contributed by atoms with Gasteiger partial charge in [0.1, 0.15) is 12.0 Å². The van der Waals surface area contributed by atoms with Crippen LogP contribution in [0.4, 0.5) is 0 Å². The van der Waals surface area contributed by atoms with Gasteiger partial charge in [-0.15, -0.1) is 0 Å². The highest BCUT2D eigenvalue weighted by atomic mass is 16.6. The molecule has 0 amide bonds. The number of carbonyl (C=O) groups excluding carboxylic acids is 1. The molecule has 44 valence electrons. The van der Waals surface area contributed by atoms with Gasteiger partial charge in [-0.2, -0.15) is 0 Å². The van der Waals surface area contributed by atoms with E-state index in [1.54, 1.807) is 0 Å². The molecular formula is C6H8O2. The first-order chi connectivity index (χ1) is 3.83. The lowest BCUT2D eigenvalue weighted by molar-refractivity contribution is -0.196. The fourth-order valence-electron chi connectivity index (χ4n) is 1.29. The van der Waals surface area contributed by atoms with Crippen molar-refractivity contribution in [2.24, 2.45) is 5.41 Å². The summed E-state index contributed by atoms with van der Waals surface area (Å²) in [5.41, 5.74) is 0.0417. The maximum atomic E-state index is 10.6. The summed E-state index contributed by atoms with van der Waals surface area (Å²) in [7, 11) is 0. The average molecular weight is 112 g/mol. The van der Waals surface area contributed by atoms with Crippen LogP contribution >= 0.6 is 0 Å². The van der Waals surface area contributed by atoms with Gasteiger partial charge in [-0.1, -0.05) is 6.42 Å². The van der Waals surface area contributed by atoms with Crippen LogP contribution in [0.15, 0.2) is 0 Å². The van der Waals surface area contributed by atoms with E-state index in [1.807, 2.05) is 0 Å². The minimum absolute atomic E-state index is 0.0417. The molecule has 1 heterocycles. The van der Waals surface area contributed by atoms with Crippen LogP contribution in [-0.4, -0.2) is 12.6 Å². The van der Waals surface area contributed by atoms with Crippen LogP contribution in [0.5, 0.6) is 0 Å². The highest BCUT2D eigenvalue weighted by Gasteiger charge is 2.53. The standard InChI is InChI=1S/C6H8O2/c7-5-6(4-8-5)2-1-3-6/h1-4H2. The van der Waals surface area contributed by atoms with E-state index >= 15 is 0 Å². The fraction of sp³-hybridized carbons (Fsp3) is 0.833. The third-order valence-electron chi connectivity index (χ3n) is 2.22. The van der Waals surface area contributed by atoms with Crippen molar-refractivity contribution < 1.29 is 9.53 Å². The van der Waals surface area contributed by atoms with E-state index in [9.17, 15) is 4.79 Å². The third-order valence-corrected chi connectivity index (χ3v) is 2.22. The normalized spacial score (nSPS) is 30.8. The number of carbonyl (C=O) groups is 1. The second-order valence-electron chi connectivity index (χ2n) is 2.71. The maximum absolute atomic E-state index is 10.6. The summed E-state index contributed by atoms with van der Waals surface area (Å²) in [6, 6.07) is 0. The molecule has 1 spiro atoms. The summed E-state index contributed by atoms with van der Waals surface area (Å²) in [4.78, 5) is 10.6. The monoisotopic (exact) mass is 112 g/mol. The van der Waals surface area contributed by atoms with E-state index in [2.05, 4.69) is 4.74 Å². The molecule has 2 nitrogen and oxygen atoms in total. The fourth-order valence-corrected chi connectivity index (χ4v) is 1.29. The predicted molar refractivity (Wildman–Crippen MR) is 27.2 cm³/mol. The van der Waals surface area contributed by atoms with Crippen LogP contribution in [0.2, 0.25) is 0 Å². The molecule has 0 unspecified atom stereocenters. The van der Waals surface area contributed by atoms with Gasteiger partial charge in [0.25, 0.3) is 0 Å². The van der Waals surface area contributed by atoms with Gasteiger partial charge in [0.05, 0.1) is 0 Å². The highest BCUT2D eigenvalue weighted by molar-refractivity contribution is 5.82. The molecule has 1 saturated carbocycles. The minimum atomic E-state index is 0.0417. The van der Waals surface area contributed by atoms with Crippen molar-refractivity contribution in [3.8, 4) is 0 Å². The van der Waals surface area contributed by atoms with Gasteiger partial charge < -0.3 is 4.74 Å². The first-order valence-corrected chi connectivity index (χ1v) is 3.01. The molecule has 0 radical (unpaired) electrons. The van der Waals surface area contributed by atoms with E-state index in [0.717, 1.165) is 12.8 Å². The van der Waals surface area contributed by atoms with Crippen LogP contribution in [0.1, 0.15) is 19.3 Å². The zero-order valence-corrected chi connectivity index (χ0v) is 4.64. The molecule has 1 aliphatic heterocycles. The van der Waals surface area contributed by atoms with Crippen LogP contribution < -0.4 is 0 Å². The van der Waals surface area contributed by atoms with Gasteiger partial charge in [0.15, 0.2) is 0 Å². The van der Waals surface area contributed by atoms with Crippen LogP contribution in [0.3, 0.4) is 0 Å². The molecule has 1 aliphatic carbocycles. The maximum Gasteiger partial charge on any atom is 0.315 e. The molecular weight excluding hydrogens is 104 g/mol.